The van der Waals surface area contributed by atoms with Crippen LogP contribution in [0.2, 0.25) is 0 Å². The van der Waals surface area contributed by atoms with E-state index in [0.717, 1.165) is 32.5 Å². The third-order valence-electron chi connectivity index (χ3n) is 5.28. The van der Waals surface area contributed by atoms with Gasteiger partial charge < -0.3 is 9.47 Å². The van der Waals surface area contributed by atoms with Crippen LogP contribution in [0.25, 0.3) is 0 Å². The molecule has 4 rings (SSSR count). The van der Waals surface area contributed by atoms with Gasteiger partial charge >= 0.3 is 0 Å². The first-order valence-electron chi connectivity index (χ1n) is 9.22. The predicted molar refractivity (Wildman–Crippen MR) is 97.1 cm³/mol. The molecule has 2 aromatic rings. The molecule has 0 radical (unpaired) electrons. The SMILES string of the molecule is c1ccc(CN2CCC[C@]3(C[C@@H](OCc4ccncc4)CO3)C2)cc1. The lowest BCUT2D eigenvalue weighted by Crippen LogP contribution is -2.47. The minimum atomic E-state index is -0.0179. The van der Waals surface area contributed by atoms with Crippen LogP contribution in [0.1, 0.15) is 30.4 Å². The summed E-state index contributed by atoms with van der Waals surface area (Å²) < 4.78 is 12.4. The number of hydrogen-bond donors (Lipinski definition) is 0. The number of pyridine rings is 1. The zero-order valence-electron chi connectivity index (χ0n) is 14.6. The summed E-state index contributed by atoms with van der Waals surface area (Å²) in [5.41, 5.74) is 2.53. The van der Waals surface area contributed by atoms with E-state index < -0.39 is 0 Å². The Hall–Kier alpha value is -1.75. The van der Waals surface area contributed by atoms with Crippen LogP contribution in [0.15, 0.2) is 54.9 Å². The molecule has 0 N–H and O–H groups in total. The van der Waals surface area contributed by atoms with Gasteiger partial charge in [0.25, 0.3) is 0 Å². The van der Waals surface area contributed by atoms with Crippen molar-refractivity contribution in [2.75, 3.05) is 19.7 Å². The minimum Gasteiger partial charge on any atom is -0.371 e. The molecule has 2 saturated heterocycles. The van der Waals surface area contributed by atoms with Gasteiger partial charge in [-0.2, -0.15) is 0 Å². The maximum atomic E-state index is 6.27. The van der Waals surface area contributed by atoms with Crippen molar-refractivity contribution in [1.82, 2.24) is 9.88 Å². The maximum Gasteiger partial charge on any atom is 0.0841 e. The van der Waals surface area contributed by atoms with Crippen LogP contribution in [0.4, 0.5) is 0 Å². The van der Waals surface area contributed by atoms with Crippen LogP contribution >= 0.6 is 0 Å². The largest absolute Gasteiger partial charge is 0.371 e. The van der Waals surface area contributed by atoms with Crippen LogP contribution < -0.4 is 0 Å². The third-order valence-corrected chi connectivity index (χ3v) is 5.28. The summed E-state index contributed by atoms with van der Waals surface area (Å²) in [6, 6.07) is 14.7. The highest BCUT2D eigenvalue weighted by molar-refractivity contribution is 5.15. The predicted octanol–water partition coefficient (Wildman–Crippen LogP) is 3.42. The average Bonchev–Trinajstić information content (AvgIpc) is 3.04. The van der Waals surface area contributed by atoms with Gasteiger partial charge in [-0.15, -0.1) is 0 Å². The molecule has 1 aromatic carbocycles. The molecule has 4 heteroatoms. The molecule has 2 aliphatic heterocycles. The zero-order valence-corrected chi connectivity index (χ0v) is 14.6. The van der Waals surface area contributed by atoms with E-state index in [1.165, 1.54) is 17.5 Å². The van der Waals surface area contributed by atoms with Crippen molar-refractivity contribution in [1.29, 1.82) is 0 Å². The summed E-state index contributed by atoms with van der Waals surface area (Å²) in [5.74, 6) is 0. The molecule has 0 amide bonds. The molecule has 0 bridgehead atoms. The van der Waals surface area contributed by atoms with Crippen molar-refractivity contribution in [3.63, 3.8) is 0 Å². The highest BCUT2D eigenvalue weighted by Gasteiger charge is 2.43. The fraction of sp³-hybridized carbons (Fsp3) is 0.476. The van der Waals surface area contributed by atoms with E-state index in [4.69, 9.17) is 9.47 Å². The van der Waals surface area contributed by atoms with Gasteiger partial charge in [0, 0.05) is 31.9 Å². The Morgan fingerprint density at radius 3 is 2.80 bits per heavy atom. The first kappa shape index (κ1) is 16.7. The topological polar surface area (TPSA) is 34.6 Å². The highest BCUT2D eigenvalue weighted by atomic mass is 16.6. The van der Waals surface area contributed by atoms with E-state index in [1.54, 1.807) is 0 Å². The summed E-state index contributed by atoms with van der Waals surface area (Å²) in [7, 11) is 0. The molecule has 2 aliphatic rings. The van der Waals surface area contributed by atoms with Gasteiger partial charge in [0.15, 0.2) is 0 Å². The maximum absolute atomic E-state index is 6.27. The van der Waals surface area contributed by atoms with E-state index in [2.05, 4.69) is 40.2 Å². The van der Waals surface area contributed by atoms with E-state index in [-0.39, 0.29) is 11.7 Å². The second-order valence-electron chi connectivity index (χ2n) is 7.29. The van der Waals surface area contributed by atoms with Gasteiger partial charge in [-0.05, 0) is 42.6 Å². The first-order valence-corrected chi connectivity index (χ1v) is 9.22. The molecule has 4 nitrogen and oxygen atoms in total. The monoisotopic (exact) mass is 338 g/mol. The Morgan fingerprint density at radius 2 is 1.96 bits per heavy atom. The molecule has 0 aliphatic carbocycles. The molecule has 0 saturated carbocycles. The fourth-order valence-corrected chi connectivity index (χ4v) is 4.05. The Kier molecular flexibility index (Phi) is 5.11. The van der Waals surface area contributed by atoms with Crippen molar-refractivity contribution < 1.29 is 9.47 Å². The Labute approximate surface area is 149 Å². The van der Waals surface area contributed by atoms with E-state index in [0.29, 0.717) is 13.2 Å². The summed E-state index contributed by atoms with van der Waals surface area (Å²) in [4.78, 5) is 6.58. The van der Waals surface area contributed by atoms with E-state index >= 15 is 0 Å². The van der Waals surface area contributed by atoms with Crippen LogP contribution in [-0.2, 0) is 22.6 Å². The quantitative estimate of drug-likeness (QED) is 0.837. The Bertz CT molecular complexity index is 664. The van der Waals surface area contributed by atoms with Crippen LogP contribution in [-0.4, -0.2) is 41.3 Å². The Balaban J connectivity index is 1.31. The minimum absolute atomic E-state index is 0.0179. The van der Waals surface area contributed by atoms with Crippen molar-refractivity contribution in [2.24, 2.45) is 0 Å². The number of hydrogen-bond acceptors (Lipinski definition) is 4. The molecule has 132 valence electrons. The van der Waals surface area contributed by atoms with Crippen LogP contribution in [0.3, 0.4) is 0 Å². The van der Waals surface area contributed by atoms with Gasteiger partial charge in [0.1, 0.15) is 0 Å². The van der Waals surface area contributed by atoms with Crippen LogP contribution in [0.5, 0.6) is 0 Å². The lowest BCUT2D eigenvalue weighted by molar-refractivity contribution is -0.0548. The lowest BCUT2D eigenvalue weighted by atomic mass is 9.89. The zero-order chi connectivity index (χ0) is 17.0. The third kappa shape index (κ3) is 4.27. The Morgan fingerprint density at radius 1 is 1.12 bits per heavy atom. The van der Waals surface area contributed by atoms with Crippen molar-refractivity contribution in [3.05, 3.63) is 66.0 Å². The van der Waals surface area contributed by atoms with Gasteiger partial charge in [-0.1, -0.05) is 30.3 Å². The number of aromatic nitrogens is 1. The van der Waals surface area contributed by atoms with Crippen molar-refractivity contribution in [3.8, 4) is 0 Å². The summed E-state index contributed by atoms with van der Waals surface area (Å²) in [6.07, 6.45) is 7.17. The molecular formula is C21H26N2O2. The van der Waals surface area contributed by atoms with E-state index in [9.17, 15) is 0 Å². The molecule has 1 spiro atoms. The van der Waals surface area contributed by atoms with E-state index in [1.807, 2.05) is 24.5 Å². The molecule has 2 fully saturated rings. The lowest BCUT2D eigenvalue weighted by Gasteiger charge is -2.39. The summed E-state index contributed by atoms with van der Waals surface area (Å²) in [5, 5.41) is 0. The summed E-state index contributed by atoms with van der Waals surface area (Å²) >= 11 is 0. The second kappa shape index (κ2) is 7.65. The van der Waals surface area contributed by atoms with Gasteiger partial charge in [0.2, 0.25) is 0 Å². The molecule has 0 unspecified atom stereocenters. The average molecular weight is 338 g/mol. The van der Waals surface area contributed by atoms with Crippen molar-refractivity contribution in [2.45, 2.75) is 44.1 Å². The van der Waals surface area contributed by atoms with Gasteiger partial charge in [-0.3, -0.25) is 9.88 Å². The van der Waals surface area contributed by atoms with Gasteiger partial charge in [0.05, 0.1) is 24.9 Å². The van der Waals surface area contributed by atoms with Gasteiger partial charge in [-0.25, -0.2) is 0 Å². The molecular weight excluding hydrogens is 312 g/mol. The second-order valence-corrected chi connectivity index (χ2v) is 7.29. The highest BCUT2D eigenvalue weighted by Crippen LogP contribution is 2.36. The number of likely N-dealkylation sites (tertiary alicyclic amines) is 1. The fourth-order valence-electron chi connectivity index (χ4n) is 4.05. The van der Waals surface area contributed by atoms with Crippen LogP contribution in [0, 0.1) is 0 Å². The number of benzene rings is 1. The number of rotatable bonds is 5. The molecule has 3 heterocycles. The molecule has 2 atom stereocenters. The smallest absolute Gasteiger partial charge is 0.0841 e. The number of nitrogens with zero attached hydrogens (tertiary/aromatic N) is 2. The summed E-state index contributed by atoms with van der Waals surface area (Å²) in [6.45, 7) is 4.53. The van der Waals surface area contributed by atoms with Crippen molar-refractivity contribution >= 4 is 0 Å². The number of ether oxygens (including phenoxy) is 2. The normalized spacial score (nSPS) is 27.0. The molecule has 25 heavy (non-hydrogen) atoms. The number of piperidine rings is 1. The molecule has 1 aromatic heterocycles. The standard InChI is InChI=1S/C21H26N2O2/c1-2-5-18(6-3-1)14-23-12-4-9-21(17-23)13-20(16-25-21)24-15-19-7-10-22-11-8-19/h1-3,5-8,10-11,20H,4,9,12-17H2/t20-,21+/m1/s1. The first-order chi connectivity index (χ1) is 12.3.